The van der Waals surface area contributed by atoms with E-state index >= 15 is 0 Å². The van der Waals surface area contributed by atoms with E-state index in [1.54, 1.807) is 6.07 Å². The molecule has 9 heteroatoms. The van der Waals surface area contributed by atoms with Gasteiger partial charge in [0.1, 0.15) is 17.8 Å². The van der Waals surface area contributed by atoms with Crippen LogP contribution in [0.4, 0.5) is 19.3 Å². The number of hydrogen-bond acceptors (Lipinski definition) is 4. The lowest BCUT2D eigenvalue weighted by Crippen LogP contribution is -2.54. The topological polar surface area (TPSA) is 87.7 Å². The van der Waals surface area contributed by atoms with E-state index in [1.165, 1.54) is 12.1 Å². The second-order valence-electron chi connectivity index (χ2n) is 8.85. The summed E-state index contributed by atoms with van der Waals surface area (Å²) in [6, 6.07) is 13.0. The Balaban J connectivity index is 1.48. The van der Waals surface area contributed by atoms with Crippen LogP contribution in [-0.2, 0) is 16.0 Å². The molecule has 1 heterocycles. The van der Waals surface area contributed by atoms with E-state index < -0.39 is 30.6 Å². The summed E-state index contributed by atoms with van der Waals surface area (Å²) in [6.07, 6.45) is 3.56. The molecule has 2 aliphatic rings. The number of carbonyl (C=O) groups excluding carboxylic acids is 3. The highest BCUT2D eigenvalue weighted by Crippen LogP contribution is 2.38. The number of rotatable bonds is 7. The van der Waals surface area contributed by atoms with Gasteiger partial charge >= 0.3 is 12.6 Å². The van der Waals surface area contributed by atoms with Crippen molar-refractivity contribution >= 4 is 23.5 Å². The number of hydrogen-bond donors (Lipinski definition) is 2. The molecule has 7 nitrogen and oxygen atoms in total. The average Bonchev–Trinajstić information content (AvgIpc) is 3.03. The third-order valence-corrected chi connectivity index (χ3v) is 6.60. The van der Waals surface area contributed by atoms with Crippen LogP contribution in [0, 0.1) is 5.92 Å². The second-order valence-corrected chi connectivity index (χ2v) is 8.85. The smallest absolute Gasteiger partial charge is 0.387 e. The molecule has 0 radical (unpaired) electrons. The fourth-order valence-corrected chi connectivity index (χ4v) is 4.81. The van der Waals surface area contributed by atoms with E-state index in [9.17, 15) is 23.2 Å². The molecule has 1 saturated heterocycles. The second kappa shape index (κ2) is 9.79. The maximum atomic E-state index is 13.1. The van der Waals surface area contributed by atoms with Gasteiger partial charge in [-0.15, -0.1) is 0 Å². The standard InChI is InChI=1S/C25H27F2N3O4/c1-16-7-5-6-12-25(16)22(32)30(24(33)29-25)15-21(31)28-19-10-11-20(34-23(26)27)18(14-19)13-17-8-3-2-4-9-17/h2-4,8-11,14,16,23H,5-7,12-13,15H2,1H3,(H,28,31)(H,29,33). The van der Waals surface area contributed by atoms with Crippen LogP contribution in [0.5, 0.6) is 5.75 Å². The monoisotopic (exact) mass is 471 g/mol. The van der Waals surface area contributed by atoms with E-state index in [4.69, 9.17) is 0 Å². The first-order valence-electron chi connectivity index (χ1n) is 11.3. The number of benzene rings is 2. The van der Waals surface area contributed by atoms with Gasteiger partial charge in [-0.05, 0) is 42.5 Å². The molecule has 180 valence electrons. The summed E-state index contributed by atoms with van der Waals surface area (Å²) in [7, 11) is 0. The van der Waals surface area contributed by atoms with Crippen LogP contribution in [0.25, 0.3) is 0 Å². The number of anilines is 1. The lowest BCUT2D eigenvalue weighted by Gasteiger charge is -2.36. The van der Waals surface area contributed by atoms with E-state index in [-0.39, 0.29) is 17.6 Å². The van der Waals surface area contributed by atoms with Gasteiger partial charge in [0.25, 0.3) is 5.91 Å². The van der Waals surface area contributed by atoms with Crippen LogP contribution in [-0.4, -0.2) is 41.4 Å². The Morgan fingerprint density at radius 2 is 1.97 bits per heavy atom. The summed E-state index contributed by atoms with van der Waals surface area (Å²) in [5, 5.41) is 5.48. The predicted octanol–water partition coefficient (Wildman–Crippen LogP) is 4.32. The third-order valence-electron chi connectivity index (χ3n) is 6.60. The molecule has 2 N–H and O–H groups in total. The van der Waals surface area contributed by atoms with Crippen LogP contribution >= 0.6 is 0 Å². The molecule has 2 aromatic carbocycles. The Labute approximate surface area is 196 Å². The molecule has 0 aromatic heterocycles. The Hall–Kier alpha value is -3.49. The SMILES string of the molecule is CC1CCCCC12NC(=O)N(CC(=O)Nc1ccc(OC(F)F)c(Cc3ccccc3)c1)C2=O. The summed E-state index contributed by atoms with van der Waals surface area (Å²) >= 11 is 0. The number of alkyl halides is 2. The van der Waals surface area contributed by atoms with Gasteiger partial charge in [-0.3, -0.25) is 14.5 Å². The minimum absolute atomic E-state index is 0.00585. The van der Waals surface area contributed by atoms with E-state index in [2.05, 4.69) is 15.4 Å². The Kier molecular flexibility index (Phi) is 6.81. The number of carbonyl (C=O) groups is 3. The van der Waals surface area contributed by atoms with Crippen molar-refractivity contribution in [2.45, 2.75) is 51.2 Å². The first-order valence-corrected chi connectivity index (χ1v) is 11.3. The van der Waals surface area contributed by atoms with Gasteiger partial charge in [0.05, 0.1) is 0 Å². The average molecular weight is 472 g/mol. The maximum absolute atomic E-state index is 13.1. The summed E-state index contributed by atoms with van der Waals surface area (Å²) in [4.78, 5) is 39.3. The fraction of sp³-hybridized carbons (Fsp3) is 0.400. The van der Waals surface area contributed by atoms with Crippen molar-refractivity contribution in [3.05, 3.63) is 59.7 Å². The van der Waals surface area contributed by atoms with E-state index in [0.29, 0.717) is 24.1 Å². The molecule has 2 unspecified atom stereocenters. The zero-order chi connectivity index (χ0) is 24.3. The van der Waals surface area contributed by atoms with Crippen LogP contribution in [0.3, 0.4) is 0 Å². The van der Waals surface area contributed by atoms with Crippen LogP contribution in [0.15, 0.2) is 48.5 Å². The molecule has 1 spiro atoms. The first-order chi connectivity index (χ1) is 16.3. The lowest BCUT2D eigenvalue weighted by molar-refractivity contribution is -0.136. The molecule has 4 amide bonds. The van der Waals surface area contributed by atoms with Crippen molar-refractivity contribution in [3.8, 4) is 5.75 Å². The Morgan fingerprint density at radius 3 is 2.68 bits per heavy atom. The highest BCUT2D eigenvalue weighted by Gasteiger charge is 2.55. The molecular weight excluding hydrogens is 444 g/mol. The molecule has 34 heavy (non-hydrogen) atoms. The number of amides is 4. The van der Waals surface area contributed by atoms with Crippen molar-refractivity contribution in [1.82, 2.24) is 10.2 Å². The largest absolute Gasteiger partial charge is 0.435 e. The summed E-state index contributed by atoms with van der Waals surface area (Å²) in [5.74, 6) is -0.921. The number of halogens is 2. The molecular formula is C25H27F2N3O4. The summed E-state index contributed by atoms with van der Waals surface area (Å²) in [6.45, 7) is -1.47. The fourth-order valence-electron chi connectivity index (χ4n) is 4.81. The Bertz CT molecular complexity index is 1080. The number of urea groups is 1. The molecule has 1 aliphatic carbocycles. The van der Waals surface area contributed by atoms with Crippen molar-refractivity contribution in [2.24, 2.45) is 5.92 Å². The first kappa shape index (κ1) is 23.7. The van der Waals surface area contributed by atoms with Crippen LogP contribution < -0.4 is 15.4 Å². The highest BCUT2D eigenvalue weighted by atomic mass is 19.3. The van der Waals surface area contributed by atoms with Crippen molar-refractivity contribution < 1.29 is 27.9 Å². The van der Waals surface area contributed by atoms with Crippen molar-refractivity contribution in [3.63, 3.8) is 0 Å². The van der Waals surface area contributed by atoms with Gasteiger partial charge in [0.15, 0.2) is 0 Å². The van der Waals surface area contributed by atoms with Crippen LogP contribution in [0.2, 0.25) is 0 Å². The van der Waals surface area contributed by atoms with Crippen molar-refractivity contribution in [2.75, 3.05) is 11.9 Å². The van der Waals surface area contributed by atoms with Crippen molar-refractivity contribution in [1.29, 1.82) is 0 Å². The minimum atomic E-state index is -2.98. The molecule has 2 atom stereocenters. The normalized spacial score (nSPS) is 22.2. The Morgan fingerprint density at radius 1 is 1.21 bits per heavy atom. The highest BCUT2D eigenvalue weighted by molar-refractivity contribution is 6.10. The van der Waals surface area contributed by atoms with Gasteiger partial charge in [-0.1, -0.05) is 50.1 Å². The predicted molar refractivity (Wildman–Crippen MR) is 122 cm³/mol. The number of nitrogens with zero attached hydrogens (tertiary/aromatic N) is 1. The third kappa shape index (κ3) is 4.88. The zero-order valence-electron chi connectivity index (χ0n) is 18.9. The van der Waals surface area contributed by atoms with E-state index in [0.717, 1.165) is 29.7 Å². The van der Waals surface area contributed by atoms with Gasteiger partial charge < -0.3 is 15.4 Å². The van der Waals surface area contributed by atoms with Gasteiger partial charge in [0, 0.05) is 17.7 Å². The van der Waals surface area contributed by atoms with Gasteiger partial charge in [-0.25, -0.2) is 4.79 Å². The van der Waals surface area contributed by atoms with E-state index in [1.807, 2.05) is 37.3 Å². The molecule has 0 bridgehead atoms. The number of nitrogens with one attached hydrogen (secondary N) is 2. The molecule has 1 aliphatic heterocycles. The van der Waals surface area contributed by atoms with Gasteiger partial charge in [-0.2, -0.15) is 8.78 Å². The molecule has 1 saturated carbocycles. The minimum Gasteiger partial charge on any atom is -0.435 e. The summed E-state index contributed by atoms with van der Waals surface area (Å²) in [5.41, 5.74) is 0.767. The summed E-state index contributed by atoms with van der Waals surface area (Å²) < 4.78 is 30.4. The van der Waals surface area contributed by atoms with Gasteiger partial charge in [0.2, 0.25) is 5.91 Å². The maximum Gasteiger partial charge on any atom is 0.387 e. The lowest BCUT2D eigenvalue weighted by atomic mass is 9.73. The molecule has 2 fully saturated rings. The molecule has 2 aromatic rings. The number of ether oxygens (including phenoxy) is 1. The quantitative estimate of drug-likeness (QED) is 0.589. The molecule has 4 rings (SSSR count). The zero-order valence-corrected chi connectivity index (χ0v) is 18.9. The van der Waals surface area contributed by atoms with Crippen LogP contribution in [0.1, 0.15) is 43.7 Å². The number of imide groups is 1.